The van der Waals surface area contributed by atoms with E-state index in [2.05, 4.69) is 20.6 Å². The van der Waals surface area contributed by atoms with E-state index in [0.717, 1.165) is 12.1 Å². The van der Waals surface area contributed by atoms with E-state index in [4.69, 9.17) is 4.74 Å². The van der Waals surface area contributed by atoms with Crippen LogP contribution in [0.15, 0.2) is 42.5 Å². The maximum Gasteiger partial charge on any atom is 0.418 e. The van der Waals surface area contributed by atoms with Crippen molar-refractivity contribution in [1.82, 2.24) is 9.97 Å². The molecule has 170 valence electrons. The van der Waals surface area contributed by atoms with Crippen molar-refractivity contribution in [1.29, 1.82) is 0 Å². The fourth-order valence-corrected chi connectivity index (χ4v) is 3.49. The van der Waals surface area contributed by atoms with Gasteiger partial charge in [-0.2, -0.15) is 13.2 Å². The van der Waals surface area contributed by atoms with Crippen molar-refractivity contribution in [2.24, 2.45) is 0 Å². The number of aromatic amines is 1. The van der Waals surface area contributed by atoms with Crippen molar-refractivity contribution < 1.29 is 38.0 Å². The van der Waals surface area contributed by atoms with E-state index in [1.807, 2.05) is 0 Å². The highest BCUT2D eigenvalue weighted by Gasteiger charge is 2.44. The molecular formula is C20H19F3N4O5. The zero-order valence-corrected chi connectivity index (χ0v) is 16.3. The van der Waals surface area contributed by atoms with Gasteiger partial charge >= 0.3 is 12.2 Å². The van der Waals surface area contributed by atoms with Crippen LogP contribution in [0.1, 0.15) is 17.5 Å². The normalized spacial score (nSPS) is 23.4. The molecule has 1 aromatic heterocycles. The molecule has 2 aromatic carbocycles. The number of urea groups is 1. The highest BCUT2D eigenvalue weighted by atomic mass is 19.4. The Kier molecular flexibility index (Phi) is 5.77. The third-order valence-electron chi connectivity index (χ3n) is 5.05. The molecule has 1 fully saturated rings. The molecule has 32 heavy (non-hydrogen) atoms. The Morgan fingerprint density at radius 3 is 2.56 bits per heavy atom. The third kappa shape index (κ3) is 4.25. The summed E-state index contributed by atoms with van der Waals surface area (Å²) >= 11 is 0. The number of alkyl halides is 3. The average molecular weight is 452 g/mol. The number of ether oxygens (including phenoxy) is 1. The highest BCUT2D eigenvalue weighted by molar-refractivity contribution is 6.01. The van der Waals surface area contributed by atoms with Gasteiger partial charge in [0, 0.05) is 5.69 Å². The van der Waals surface area contributed by atoms with Crippen LogP contribution in [0.3, 0.4) is 0 Å². The molecule has 1 saturated heterocycles. The summed E-state index contributed by atoms with van der Waals surface area (Å²) in [7, 11) is 0. The molecule has 2 heterocycles. The van der Waals surface area contributed by atoms with Gasteiger partial charge in [-0.1, -0.05) is 12.1 Å². The van der Waals surface area contributed by atoms with E-state index in [9.17, 15) is 33.3 Å². The number of carbonyl (C=O) groups is 1. The van der Waals surface area contributed by atoms with Gasteiger partial charge in [0.25, 0.3) is 0 Å². The molecule has 0 spiro atoms. The van der Waals surface area contributed by atoms with Crippen LogP contribution in [0.2, 0.25) is 0 Å². The van der Waals surface area contributed by atoms with Crippen molar-refractivity contribution in [3.8, 4) is 0 Å². The molecule has 0 radical (unpaired) electrons. The van der Waals surface area contributed by atoms with Gasteiger partial charge in [-0.25, -0.2) is 9.78 Å². The van der Waals surface area contributed by atoms with Crippen molar-refractivity contribution in [2.75, 3.05) is 17.2 Å². The summed E-state index contributed by atoms with van der Waals surface area (Å²) in [4.78, 5) is 19.4. The number of nitrogens with one attached hydrogen (secondary N) is 3. The number of carbonyl (C=O) groups excluding carboxylic acids is 1. The zero-order valence-electron chi connectivity index (χ0n) is 16.3. The number of hydrogen-bond acceptors (Lipinski definition) is 6. The molecular weight excluding hydrogens is 433 g/mol. The smallest absolute Gasteiger partial charge is 0.394 e. The number of nitrogens with zero attached hydrogens (tertiary/aromatic N) is 1. The fraction of sp³-hybridized carbons (Fsp3) is 0.300. The molecule has 6 N–H and O–H groups in total. The Hall–Kier alpha value is -3.19. The Labute approximate surface area is 178 Å². The molecule has 1 aliphatic rings. The Morgan fingerprint density at radius 1 is 1.12 bits per heavy atom. The first-order valence-corrected chi connectivity index (χ1v) is 9.53. The first kappa shape index (κ1) is 22.0. The second-order valence-corrected chi connectivity index (χ2v) is 7.24. The summed E-state index contributed by atoms with van der Waals surface area (Å²) in [5.74, 6) is 0.211. The largest absolute Gasteiger partial charge is 0.418 e. The van der Waals surface area contributed by atoms with E-state index in [1.165, 1.54) is 24.3 Å². The summed E-state index contributed by atoms with van der Waals surface area (Å²) < 4.78 is 44.7. The number of aliphatic hydroxyl groups is 3. The van der Waals surface area contributed by atoms with Crippen molar-refractivity contribution in [2.45, 2.75) is 30.6 Å². The summed E-state index contributed by atoms with van der Waals surface area (Å²) in [5.41, 5.74) is -0.165. The van der Waals surface area contributed by atoms with Crippen LogP contribution in [0.25, 0.3) is 11.0 Å². The molecule has 3 aromatic rings. The average Bonchev–Trinajstić information content (AvgIpc) is 3.28. The number of amides is 2. The Bertz CT molecular complexity index is 1140. The van der Waals surface area contributed by atoms with E-state index >= 15 is 0 Å². The summed E-state index contributed by atoms with van der Waals surface area (Å²) in [6.45, 7) is -0.477. The SMILES string of the molecule is O=C(Nc1ccc2nc([C@@H]3O[C@H](CO)[C@@H](O)[C@H]3O)[nH]c2c1)Nc1ccccc1C(F)(F)F. The van der Waals surface area contributed by atoms with Crippen molar-refractivity contribution >= 4 is 28.4 Å². The maximum absolute atomic E-state index is 13.1. The Balaban J connectivity index is 1.50. The van der Waals surface area contributed by atoms with Gasteiger partial charge in [-0.15, -0.1) is 0 Å². The number of rotatable bonds is 4. The molecule has 2 amide bonds. The number of para-hydroxylation sites is 1. The van der Waals surface area contributed by atoms with E-state index < -0.39 is 48.8 Å². The first-order chi connectivity index (χ1) is 15.2. The van der Waals surface area contributed by atoms with Gasteiger partial charge in [-0.3, -0.25) is 0 Å². The van der Waals surface area contributed by atoms with Crippen LogP contribution in [0.5, 0.6) is 0 Å². The van der Waals surface area contributed by atoms with E-state index in [1.54, 1.807) is 6.07 Å². The first-order valence-electron chi connectivity index (χ1n) is 9.53. The number of hydrogen-bond donors (Lipinski definition) is 6. The summed E-state index contributed by atoms with van der Waals surface area (Å²) in [5, 5.41) is 33.9. The molecule has 0 unspecified atom stereocenters. The second kappa shape index (κ2) is 8.39. The van der Waals surface area contributed by atoms with E-state index in [0.29, 0.717) is 11.0 Å². The number of aliphatic hydroxyl groups excluding tert-OH is 3. The van der Waals surface area contributed by atoms with Crippen LogP contribution in [0, 0.1) is 0 Å². The molecule has 0 saturated carbocycles. The maximum atomic E-state index is 13.1. The van der Waals surface area contributed by atoms with Crippen LogP contribution >= 0.6 is 0 Å². The van der Waals surface area contributed by atoms with Gasteiger partial charge in [-0.05, 0) is 30.3 Å². The lowest BCUT2D eigenvalue weighted by Gasteiger charge is -2.14. The quantitative estimate of drug-likeness (QED) is 0.359. The third-order valence-corrected chi connectivity index (χ3v) is 5.05. The monoisotopic (exact) mass is 452 g/mol. The molecule has 1 aliphatic heterocycles. The molecule has 12 heteroatoms. The second-order valence-electron chi connectivity index (χ2n) is 7.24. The lowest BCUT2D eigenvalue weighted by Crippen LogP contribution is -2.32. The predicted molar refractivity (Wildman–Crippen MR) is 107 cm³/mol. The number of halogens is 3. The Morgan fingerprint density at radius 2 is 1.88 bits per heavy atom. The molecule has 9 nitrogen and oxygen atoms in total. The number of imidazole rings is 1. The molecule has 4 atom stereocenters. The minimum Gasteiger partial charge on any atom is -0.394 e. The molecule has 4 rings (SSSR count). The minimum atomic E-state index is -4.62. The van der Waals surface area contributed by atoms with Crippen LogP contribution in [-0.4, -0.2) is 56.2 Å². The van der Waals surface area contributed by atoms with Gasteiger partial charge in [0.05, 0.1) is 28.9 Å². The van der Waals surface area contributed by atoms with Gasteiger partial charge in [0.1, 0.15) is 30.2 Å². The standard InChI is InChI=1S/C20H19F3N4O5/c21-20(22,23)10-3-1-2-4-11(10)27-19(31)24-9-5-6-12-13(7-9)26-18(25-12)17-16(30)15(29)14(8-28)32-17/h1-7,14-17,28-30H,8H2,(H,25,26)(H2,24,27,31)/t14-,15-,16-,17-/m1/s1. The number of anilines is 2. The molecule has 0 aliphatic carbocycles. The number of H-pyrrole nitrogens is 1. The topological polar surface area (TPSA) is 140 Å². The lowest BCUT2D eigenvalue weighted by atomic mass is 10.1. The van der Waals surface area contributed by atoms with Crippen LogP contribution < -0.4 is 10.6 Å². The van der Waals surface area contributed by atoms with Crippen LogP contribution in [0.4, 0.5) is 29.3 Å². The van der Waals surface area contributed by atoms with Crippen molar-refractivity contribution in [3.05, 3.63) is 53.9 Å². The molecule has 0 bridgehead atoms. The van der Waals surface area contributed by atoms with E-state index in [-0.39, 0.29) is 17.2 Å². The predicted octanol–water partition coefficient (Wildman–Crippen LogP) is 2.38. The number of aromatic nitrogens is 2. The fourth-order valence-electron chi connectivity index (χ4n) is 3.49. The van der Waals surface area contributed by atoms with Crippen molar-refractivity contribution in [3.63, 3.8) is 0 Å². The van der Waals surface area contributed by atoms with Gasteiger partial charge < -0.3 is 35.7 Å². The number of benzene rings is 2. The van der Waals surface area contributed by atoms with Gasteiger partial charge in [0.2, 0.25) is 0 Å². The van der Waals surface area contributed by atoms with Gasteiger partial charge in [0.15, 0.2) is 0 Å². The summed E-state index contributed by atoms with van der Waals surface area (Å²) in [6, 6.07) is 8.30. The minimum absolute atomic E-state index is 0.211. The van der Waals surface area contributed by atoms with Crippen LogP contribution in [-0.2, 0) is 10.9 Å². The lowest BCUT2D eigenvalue weighted by molar-refractivity contribution is -0.136. The zero-order chi connectivity index (χ0) is 23.0. The summed E-state index contributed by atoms with van der Waals surface area (Å²) in [6.07, 6.45) is -9.15. The highest BCUT2D eigenvalue weighted by Crippen LogP contribution is 2.35. The number of fused-ring (bicyclic) bond motifs is 1.